The number of benzene rings is 1. The summed E-state index contributed by atoms with van der Waals surface area (Å²) in [4.78, 5) is 15.2. The quantitative estimate of drug-likeness (QED) is 0.251. The highest BCUT2D eigenvalue weighted by atomic mass is 32.1. The van der Waals surface area contributed by atoms with E-state index in [0.29, 0.717) is 5.11 Å². The van der Waals surface area contributed by atoms with E-state index in [1.807, 2.05) is 24.1 Å². The highest BCUT2D eigenvalue weighted by molar-refractivity contribution is 7.80. The van der Waals surface area contributed by atoms with E-state index in [-0.39, 0.29) is 6.54 Å². The predicted molar refractivity (Wildman–Crippen MR) is 125 cm³/mol. The number of thiocarbonyl (C=S) groups is 1. The summed E-state index contributed by atoms with van der Waals surface area (Å²) in [7, 11) is 2.05. The molecule has 164 valence electrons. The molecule has 0 fully saturated rings. The maximum absolute atomic E-state index is 11.1. The van der Waals surface area contributed by atoms with Crippen LogP contribution in [0, 0.1) is 0 Å². The highest BCUT2D eigenvalue weighted by Gasteiger charge is 2.10. The maximum Gasteiger partial charge on any atom is 0.317 e. The molecule has 0 aliphatic rings. The maximum atomic E-state index is 11.1. The second-order valence-electron chi connectivity index (χ2n) is 7.14. The third-order valence-corrected chi connectivity index (χ3v) is 4.89. The molecule has 0 unspecified atom stereocenters. The van der Waals surface area contributed by atoms with Crippen LogP contribution < -0.4 is 16.0 Å². The molecule has 0 saturated heterocycles. The van der Waals surface area contributed by atoms with Crippen LogP contribution in [0.25, 0.3) is 0 Å². The molecule has 0 aromatic heterocycles. The number of carboxylic acids is 1. The number of nitrogens with one attached hydrogen (secondary N) is 3. The van der Waals surface area contributed by atoms with E-state index >= 15 is 0 Å². The molecule has 0 aliphatic carbocycles. The van der Waals surface area contributed by atoms with E-state index in [4.69, 9.17) is 17.3 Å². The van der Waals surface area contributed by atoms with E-state index in [1.165, 1.54) is 5.56 Å². The Morgan fingerprint density at radius 1 is 1.07 bits per heavy atom. The predicted octanol–water partition coefficient (Wildman–Crippen LogP) is 1.85. The van der Waals surface area contributed by atoms with Gasteiger partial charge in [-0.2, -0.15) is 0 Å². The molecule has 8 heteroatoms. The minimum absolute atomic E-state index is 0.0860. The third kappa shape index (κ3) is 12.4. The second-order valence-corrected chi connectivity index (χ2v) is 7.55. The van der Waals surface area contributed by atoms with Gasteiger partial charge in [-0.1, -0.05) is 26.0 Å². The van der Waals surface area contributed by atoms with Gasteiger partial charge in [0, 0.05) is 38.4 Å². The number of anilines is 1. The molecule has 0 bridgehead atoms. The van der Waals surface area contributed by atoms with Crippen molar-refractivity contribution in [2.45, 2.75) is 26.7 Å². The lowest BCUT2D eigenvalue weighted by Crippen LogP contribution is -2.40. The molecule has 0 atom stereocenters. The Labute approximate surface area is 180 Å². The number of hydrogen-bond acceptors (Lipinski definition) is 5. The van der Waals surface area contributed by atoms with Gasteiger partial charge in [0.05, 0.1) is 6.54 Å². The minimum atomic E-state index is -0.776. The number of likely N-dealkylation sites (N-methyl/N-ethyl adjacent to an activating group) is 1. The molecular formula is C21H37N5O2S. The monoisotopic (exact) mass is 423 g/mol. The van der Waals surface area contributed by atoms with Gasteiger partial charge in [0.2, 0.25) is 0 Å². The molecule has 0 heterocycles. The van der Waals surface area contributed by atoms with Crippen molar-refractivity contribution in [2.75, 3.05) is 64.7 Å². The topological polar surface area (TPSA) is 79.9 Å². The van der Waals surface area contributed by atoms with Crippen LogP contribution >= 0.6 is 12.2 Å². The second kappa shape index (κ2) is 15.1. The minimum Gasteiger partial charge on any atom is -0.480 e. The first-order chi connectivity index (χ1) is 13.9. The van der Waals surface area contributed by atoms with E-state index in [0.717, 1.165) is 64.3 Å². The lowest BCUT2D eigenvalue weighted by molar-refractivity contribution is -0.138. The largest absolute Gasteiger partial charge is 0.480 e. The standard InChI is InChI=1S/C21H37N5O2S/c1-4-11-23-21(29)24-19-8-6-18(7-9-19)10-12-22-13-14-26(17-20(27)28)16-15-25(3)5-2/h6-9,22H,4-5,10-17H2,1-3H3,(H,27,28)(H2,23,24,29). The SMILES string of the molecule is CCCNC(=S)Nc1ccc(CCNCCN(CCN(C)CC)CC(=O)O)cc1. The van der Waals surface area contributed by atoms with Crippen molar-refractivity contribution >= 4 is 29.0 Å². The Balaban J connectivity index is 2.28. The van der Waals surface area contributed by atoms with Crippen molar-refractivity contribution < 1.29 is 9.90 Å². The summed E-state index contributed by atoms with van der Waals surface area (Å²) in [6.07, 6.45) is 1.97. The van der Waals surface area contributed by atoms with Gasteiger partial charge in [0.1, 0.15) is 0 Å². The van der Waals surface area contributed by atoms with Gasteiger partial charge >= 0.3 is 5.97 Å². The Kier molecular flexibility index (Phi) is 13.2. The van der Waals surface area contributed by atoms with Crippen molar-refractivity contribution in [3.8, 4) is 0 Å². The molecule has 1 rings (SSSR count). The number of aliphatic carboxylic acids is 1. The summed E-state index contributed by atoms with van der Waals surface area (Å²) in [5, 5.41) is 19.5. The first kappa shape index (κ1) is 25.3. The fraction of sp³-hybridized carbons (Fsp3) is 0.619. The van der Waals surface area contributed by atoms with E-state index in [9.17, 15) is 4.79 Å². The Morgan fingerprint density at radius 3 is 2.41 bits per heavy atom. The Hall–Kier alpha value is -1.74. The molecular weight excluding hydrogens is 386 g/mol. The molecule has 29 heavy (non-hydrogen) atoms. The number of carbonyl (C=O) groups is 1. The van der Waals surface area contributed by atoms with Crippen LogP contribution in [0.5, 0.6) is 0 Å². The smallest absolute Gasteiger partial charge is 0.317 e. The summed E-state index contributed by atoms with van der Waals surface area (Å²) >= 11 is 5.24. The van der Waals surface area contributed by atoms with Crippen LogP contribution in [0.1, 0.15) is 25.8 Å². The summed E-state index contributed by atoms with van der Waals surface area (Å²) in [5.74, 6) is -0.776. The van der Waals surface area contributed by atoms with Gasteiger partial charge in [-0.25, -0.2) is 0 Å². The van der Waals surface area contributed by atoms with Crippen molar-refractivity contribution in [2.24, 2.45) is 0 Å². The number of nitrogens with zero attached hydrogens (tertiary/aromatic N) is 2. The number of hydrogen-bond donors (Lipinski definition) is 4. The average molecular weight is 424 g/mol. The van der Waals surface area contributed by atoms with E-state index in [2.05, 4.69) is 46.8 Å². The van der Waals surface area contributed by atoms with Crippen LogP contribution in [-0.2, 0) is 11.2 Å². The first-order valence-electron chi connectivity index (χ1n) is 10.4. The lowest BCUT2D eigenvalue weighted by atomic mass is 10.1. The van der Waals surface area contributed by atoms with Crippen LogP contribution in [0.15, 0.2) is 24.3 Å². The van der Waals surface area contributed by atoms with Gasteiger partial charge < -0.3 is 26.0 Å². The van der Waals surface area contributed by atoms with Crippen molar-refractivity contribution in [1.29, 1.82) is 0 Å². The van der Waals surface area contributed by atoms with Gasteiger partial charge in [-0.05, 0) is 62.9 Å². The number of rotatable bonds is 15. The fourth-order valence-electron chi connectivity index (χ4n) is 2.69. The van der Waals surface area contributed by atoms with Crippen LogP contribution in [0.3, 0.4) is 0 Å². The summed E-state index contributed by atoms with van der Waals surface area (Å²) in [5.41, 5.74) is 2.24. The fourth-order valence-corrected chi connectivity index (χ4v) is 2.91. The average Bonchev–Trinajstić information content (AvgIpc) is 2.70. The molecule has 1 aromatic rings. The van der Waals surface area contributed by atoms with Gasteiger partial charge in [0.25, 0.3) is 0 Å². The summed E-state index contributed by atoms with van der Waals surface area (Å²) < 4.78 is 0. The van der Waals surface area contributed by atoms with E-state index in [1.54, 1.807) is 0 Å². The van der Waals surface area contributed by atoms with Crippen molar-refractivity contribution in [3.63, 3.8) is 0 Å². The highest BCUT2D eigenvalue weighted by Crippen LogP contribution is 2.09. The number of carboxylic acid groups (broad SMARTS) is 1. The summed E-state index contributed by atoms with van der Waals surface area (Å²) in [6, 6.07) is 8.27. The molecule has 0 saturated carbocycles. The lowest BCUT2D eigenvalue weighted by Gasteiger charge is -2.23. The molecule has 0 amide bonds. The van der Waals surface area contributed by atoms with Crippen LogP contribution in [0.2, 0.25) is 0 Å². The first-order valence-corrected chi connectivity index (χ1v) is 10.8. The normalized spacial score (nSPS) is 11.1. The van der Waals surface area contributed by atoms with Gasteiger partial charge in [-0.15, -0.1) is 0 Å². The zero-order valence-electron chi connectivity index (χ0n) is 18.0. The Morgan fingerprint density at radius 2 is 1.79 bits per heavy atom. The molecule has 7 nitrogen and oxygen atoms in total. The molecule has 1 aromatic carbocycles. The van der Waals surface area contributed by atoms with E-state index < -0.39 is 5.97 Å². The molecule has 4 N–H and O–H groups in total. The molecule has 0 radical (unpaired) electrons. The van der Waals surface area contributed by atoms with Gasteiger partial charge in [0.15, 0.2) is 5.11 Å². The molecule has 0 aliphatic heterocycles. The molecule has 0 spiro atoms. The third-order valence-electron chi connectivity index (χ3n) is 4.64. The van der Waals surface area contributed by atoms with Crippen molar-refractivity contribution in [1.82, 2.24) is 20.4 Å². The van der Waals surface area contributed by atoms with Crippen LogP contribution in [0.4, 0.5) is 5.69 Å². The zero-order valence-corrected chi connectivity index (χ0v) is 18.9. The van der Waals surface area contributed by atoms with Crippen molar-refractivity contribution in [3.05, 3.63) is 29.8 Å². The van der Waals surface area contributed by atoms with Crippen LogP contribution in [-0.4, -0.2) is 85.4 Å². The Bertz CT molecular complexity index is 597. The van der Waals surface area contributed by atoms with Gasteiger partial charge in [-0.3, -0.25) is 9.69 Å². The summed E-state index contributed by atoms with van der Waals surface area (Å²) in [6.45, 7) is 10.1. The zero-order chi connectivity index (χ0) is 21.5.